The van der Waals surface area contributed by atoms with Crippen LogP contribution in [0.2, 0.25) is 0 Å². The van der Waals surface area contributed by atoms with E-state index >= 15 is 0 Å². The summed E-state index contributed by atoms with van der Waals surface area (Å²) in [6.07, 6.45) is 5.19. The van der Waals surface area contributed by atoms with Crippen LogP contribution in [0.15, 0.2) is 65.5 Å². The fourth-order valence-corrected chi connectivity index (χ4v) is 1.68. The molecule has 0 saturated carbocycles. The van der Waals surface area contributed by atoms with Crippen LogP contribution < -0.4 is 0 Å². The minimum absolute atomic E-state index is 0.838. The van der Waals surface area contributed by atoms with Gasteiger partial charge in [-0.2, -0.15) is 0 Å². The van der Waals surface area contributed by atoms with E-state index in [2.05, 4.69) is 9.97 Å². The molecule has 3 heteroatoms. The van der Waals surface area contributed by atoms with E-state index < -0.39 is 0 Å². The van der Waals surface area contributed by atoms with Crippen molar-refractivity contribution in [3.63, 3.8) is 0 Å². The van der Waals surface area contributed by atoms with Gasteiger partial charge in [0.1, 0.15) is 5.76 Å². The third-order valence-electron chi connectivity index (χ3n) is 2.49. The maximum absolute atomic E-state index is 5.36. The molecule has 0 N–H and O–H groups in total. The van der Waals surface area contributed by atoms with E-state index in [0.717, 1.165) is 22.7 Å². The molecular formula is C14H10N2O. The molecule has 0 unspecified atom stereocenters. The minimum Gasteiger partial charge on any atom is -0.464 e. The highest BCUT2D eigenvalue weighted by Gasteiger charge is 2.04. The molecule has 0 aliphatic carbocycles. The molecule has 3 rings (SSSR count). The van der Waals surface area contributed by atoms with E-state index in [-0.39, 0.29) is 0 Å². The van der Waals surface area contributed by atoms with Crippen molar-refractivity contribution >= 4 is 0 Å². The zero-order valence-electron chi connectivity index (χ0n) is 9.08. The Morgan fingerprint density at radius 2 is 1.76 bits per heavy atom. The summed E-state index contributed by atoms with van der Waals surface area (Å²) in [4.78, 5) is 8.59. The molecule has 0 aliphatic heterocycles. The highest BCUT2D eigenvalue weighted by molar-refractivity contribution is 5.65. The minimum atomic E-state index is 0.838. The predicted molar refractivity (Wildman–Crippen MR) is 65.2 cm³/mol. The second kappa shape index (κ2) is 4.22. The zero-order valence-corrected chi connectivity index (χ0v) is 9.08. The monoisotopic (exact) mass is 222 g/mol. The van der Waals surface area contributed by atoms with E-state index in [9.17, 15) is 0 Å². The maximum Gasteiger partial charge on any atom is 0.133 e. The molecule has 0 aromatic carbocycles. The molecule has 3 nitrogen and oxygen atoms in total. The lowest BCUT2D eigenvalue weighted by Crippen LogP contribution is -1.86. The lowest BCUT2D eigenvalue weighted by molar-refractivity contribution is 0.582. The topological polar surface area (TPSA) is 38.9 Å². The number of furan rings is 1. The summed E-state index contributed by atoms with van der Waals surface area (Å²) in [7, 11) is 0. The normalized spacial score (nSPS) is 10.4. The largest absolute Gasteiger partial charge is 0.464 e. The number of pyridine rings is 2. The highest BCUT2D eigenvalue weighted by atomic mass is 16.3. The van der Waals surface area contributed by atoms with Crippen LogP contribution in [0.25, 0.3) is 22.7 Å². The Morgan fingerprint density at radius 3 is 2.53 bits per heavy atom. The summed E-state index contributed by atoms with van der Waals surface area (Å²) in [5.74, 6) is 0.838. The first-order valence-electron chi connectivity index (χ1n) is 5.35. The van der Waals surface area contributed by atoms with Gasteiger partial charge in [0.15, 0.2) is 0 Å². The first kappa shape index (κ1) is 9.78. The standard InChI is InChI=1S/C14H10N2O/c1-2-7-15-12(4-1)13-10-11(6-8-16-13)14-5-3-9-17-14/h1-10H. The number of aromatic nitrogens is 2. The number of hydrogen-bond donors (Lipinski definition) is 0. The van der Waals surface area contributed by atoms with Crippen LogP contribution in [0.4, 0.5) is 0 Å². The quantitative estimate of drug-likeness (QED) is 0.667. The van der Waals surface area contributed by atoms with Gasteiger partial charge in [0.05, 0.1) is 17.7 Å². The summed E-state index contributed by atoms with van der Waals surface area (Å²) >= 11 is 0. The summed E-state index contributed by atoms with van der Waals surface area (Å²) in [6, 6.07) is 13.5. The molecular weight excluding hydrogens is 212 g/mol. The van der Waals surface area contributed by atoms with Gasteiger partial charge in [-0.3, -0.25) is 9.97 Å². The second-order valence-corrected chi connectivity index (χ2v) is 3.62. The van der Waals surface area contributed by atoms with Crippen LogP contribution in [0.5, 0.6) is 0 Å². The summed E-state index contributed by atoms with van der Waals surface area (Å²) < 4.78 is 5.36. The van der Waals surface area contributed by atoms with Crippen molar-refractivity contribution in [2.45, 2.75) is 0 Å². The number of hydrogen-bond acceptors (Lipinski definition) is 3. The van der Waals surface area contributed by atoms with Gasteiger partial charge in [-0.25, -0.2) is 0 Å². The van der Waals surface area contributed by atoms with Crippen LogP contribution in [-0.2, 0) is 0 Å². The Morgan fingerprint density at radius 1 is 0.824 bits per heavy atom. The van der Waals surface area contributed by atoms with E-state index in [0.29, 0.717) is 0 Å². The molecule has 3 heterocycles. The van der Waals surface area contributed by atoms with Gasteiger partial charge < -0.3 is 4.42 Å². The third-order valence-corrected chi connectivity index (χ3v) is 2.49. The molecule has 0 aliphatic rings. The third kappa shape index (κ3) is 1.95. The average Bonchev–Trinajstić information content (AvgIpc) is 2.94. The Kier molecular flexibility index (Phi) is 2.43. The van der Waals surface area contributed by atoms with Gasteiger partial charge >= 0.3 is 0 Å². The zero-order chi connectivity index (χ0) is 11.5. The van der Waals surface area contributed by atoms with Crippen LogP contribution >= 0.6 is 0 Å². The first-order valence-corrected chi connectivity index (χ1v) is 5.35. The highest BCUT2D eigenvalue weighted by Crippen LogP contribution is 2.23. The van der Waals surface area contributed by atoms with Gasteiger partial charge in [-0.05, 0) is 36.4 Å². The molecule has 0 fully saturated rings. The molecule has 0 spiro atoms. The van der Waals surface area contributed by atoms with E-state index in [1.165, 1.54) is 0 Å². The molecule has 82 valence electrons. The van der Waals surface area contributed by atoms with Crippen molar-refractivity contribution in [2.75, 3.05) is 0 Å². The van der Waals surface area contributed by atoms with E-state index in [1.54, 1.807) is 18.7 Å². The Hall–Kier alpha value is -2.42. The van der Waals surface area contributed by atoms with E-state index in [1.807, 2.05) is 42.5 Å². The molecule has 17 heavy (non-hydrogen) atoms. The fourth-order valence-electron chi connectivity index (χ4n) is 1.68. The van der Waals surface area contributed by atoms with Crippen molar-refractivity contribution < 1.29 is 4.42 Å². The van der Waals surface area contributed by atoms with Gasteiger partial charge in [-0.15, -0.1) is 0 Å². The van der Waals surface area contributed by atoms with Crippen LogP contribution in [0.3, 0.4) is 0 Å². The molecule has 0 radical (unpaired) electrons. The Balaban J connectivity index is 2.06. The lowest BCUT2D eigenvalue weighted by atomic mass is 10.1. The summed E-state index contributed by atoms with van der Waals surface area (Å²) in [5.41, 5.74) is 2.71. The van der Waals surface area contributed by atoms with Crippen molar-refractivity contribution in [3.8, 4) is 22.7 Å². The van der Waals surface area contributed by atoms with Crippen LogP contribution in [-0.4, -0.2) is 9.97 Å². The molecule has 3 aromatic rings. The smallest absolute Gasteiger partial charge is 0.133 e. The molecule has 0 bridgehead atoms. The second-order valence-electron chi connectivity index (χ2n) is 3.62. The average molecular weight is 222 g/mol. The fraction of sp³-hybridized carbons (Fsp3) is 0. The number of nitrogens with zero attached hydrogens (tertiary/aromatic N) is 2. The molecule has 0 atom stereocenters. The van der Waals surface area contributed by atoms with Gasteiger partial charge in [0.25, 0.3) is 0 Å². The predicted octanol–water partition coefficient (Wildman–Crippen LogP) is 3.40. The van der Waals surface area contributed by atoms with Crippen molar-refractivity contribution in [3.05, 3.63) is 61.1 Å². The summed E-state index contributed by atoms with van der Waals surface area (Å²) in [5, 5.41) is 0. The molecule has 0 amide bonds. The van der Waals surface area contributed by atoms with Gasteiger partial charge in [-0.1, -0.05) is 6.07 Å². The van der Waals surface area contributed by atoms with Gasteiger partial charge in [0, 0.05) is 18.0 Å². The van der Waals surface area contributed by atoms with Crippen LogP contribution in [0, 0.1) is 0 Å². The first-order chi connectivity index (χ1) is 8.43. The molecule has 3 aromatic heterocycles. The SMILES string of the molecule is c1ccc(-c2cc(-c3ccco3)ccn2)nc1. The Bertz CT molecular complexity index is 603. The van der Waals surface area contributed by atoms with Crippen molar-refractivity contribution in [1.29, 1.82) is 0 Å². The Labute approximate surface area is 98.8 Å². The maximum atomic E-state index is 5.36. The molecule has 0 saturated heterocycles. The van der Waals surface area contributed by atoms with Crippen LogP contribution in [0.1, 0.15) is 0 Å². The summed E-state index contributed by atoms with van der Waals surface area (Å²) in [6.45, 7) is 0. The van der Waals surface area contributed by atoms with Gasteiger partial charge in [0.2, 0.25) is 0 Å². The van der Waals surface area contributed by atoms with Crippen molar-refractivity contribution in [1.82, 2.24) is 9.97 Å². The van der Waals surface area contributed by atoms with E-state index in [4.69, 9.17) is 4.42 Å². The van der Waals surface area contributed by atoms with Crippen molar-refractivity contribution in [2.24, 2.45) is 0 Å². The lowest BCUT2D eigenvalue weighted by Gasteiger charge is -2.01. The number of rotatable bonds is 2.